The minimum Gasteiger partial charge on any atom is -0.388 e. The van der Waals surface area contributed by atoms with Crippen molar-refractivity contribution in [2.24, 2.45) is 5.92 Å². The number of hydrogen-bond donors (Lipinski definition) is 1. The van der Waals surface area contributed by atoms with E-state index in [0.29, 0.717) is 0 Å². The molecule has 1 fully saturated rings. The standard InChI is InChI=1S/C16H25NO/c1-3-16(18)14-8-10-15(11-9-14)17(2)12-13-6-4-5-7-13/h8-11,13,16,18H,3-7,12H2,1-2H3/t16-/m0/s1. The highest BCUT2D eigenvalue weighted by atomic mass is 16.3. The molecule has 100 valence electrons. The largest absolute Gasteiger partial charge is 0.388 e. The molecule has 1 N–H and O–H groups in total. The van der Waals surface area contributed by atoms with Crippen LogP contribution < -0.4 is 4.90 Å². The van der Waals surface area contributed by atoms with Gasteiger partial charge in [-0.15, -0.1) is 0 Å². The van der Waals surface area contributed by atoms with Gasteiger partial charge in [0.2, 0.25) is 0 Å². The van der Waals surface area contributed by atoms with Gasteiger partial charge in [-0.1, -0.05) is 31.9 Å². The fourth-order valence-electron chi connectivity index (χ4n) is 2.87. The third-order valence-electron chi connectivity index (χ3n) is 4.11. The van der Waals surface area contributed by atoms with Gasteiger partial charge in [0.1, 0.15) is 0 Å². The monoisotopic (exact) mass is 247 g/mol. The zero-order valence-electron chi connectivity index (χ0n) is 11.6. The minimum atomic E-state index is -0.320. The number of anilines is 1. The molecule has 1 saturated carbocycles. The zero-order chi connectivity index (χ0) is 13.0. The molecule has 2 heteroatoms. The van der Waals surface area contributed by atoms with Gasteiger partial charge >= 0.3 is 0 Å². The van der Waals surface area contributed by atoms with Gasteiger partial charge in [-0.3, -0.25) is 0 Å². The summed E-state index contributed by atoms with van der Waals surface area (Å²) in [5.74, 6) is 0.871. The van der Waals surface area contributed by atoms with Crippen molar-refractivity contribution in [1.29, 1.82) is 0 Å². The van der Waals surface area contributed by atoms with Crippen LogP contribution in [0.15, 0.2) is 24.3 Å². The quantitative estimate of drug-likeness (QED) is 0.856. The van der Waals surface area contributed by atoms with Crippen molar-refractivity contribution in [3.63, 3.8) is 0 Å². The molecule has 0 bridgehead atoms. The first-order chi connectivity index (χ1) is 8.70. The number of benzene rings is 1. The summed E-state index contributed by atoms with van der Waals surface area (Å²) in [6.45, 7) is 3.17. The maximum absolute atomic E-state index is 9.77. The van der Waals surface area contributed by atoms with Crippen molar-refractivity contribution in [1.82, 2.24) is 0 Å². The van der Waals surface area contributed by atoms with Gasteiger partial charge in [-0.05, 0) is 42.9 Å². The summed E-state index contributed by atoms with van der Waals surface area (Å²) in [5.41, 5.74) is 2.28. The number of aliphatic hydroxyl groups is 1. The molecule has 0 radical (unpaired) electrons. The summed E-state index contributed by atoms with van der Waals surface area (Å²) in [6.07, 6.45) is 6.03. The van der Waals surface area contributed by atoms with Crippen LogP contribution in [-0.4, -0.2) is 18.7 Å². The highest BCUT2D eigenvalue weighted by molar-refractivity contribution is 5.47. The fourth-order valence-corrected chi connectivity index (χ4v) is 2.87. The second-order valence-corrected chi connectivity index (χ2v) is 5.55. The molecule has 0 amide bonds. The molecule has 1 aromatic carbocycles. The molecule has 1 aliphatic rings. The third kappa shape index (κ3) is 3.26. The maximum atomic E-state index is 9.77. The highest BCUT2D eigenvalue weighted by Gasteiger charge is 2.17. The number of aliphatic hydroxyl groups excluding tert-OH is 1. The van der Waals surface area contributed by atoms with Gasteiger partial charge in [-0.2, -0.15) is 0 Å². The fraction of sp³-hybridized carbons (Fsp3) is 0.625. The van der Waals surface area contributed by atoms with Gasteiger partial charge in [0, 0.05) is 19.3 Å². The van der Waals surface area contributed by atoms with Crippen molar-refractivity contribution in [2.75, 3.05) is 18.5 Å². The van der Waals surface area contributed by atoms with Gasteiger partial charge in [0.25, 0.3) is 0 Å². The Bertz CT molecular complexity index is 354. The zero-order valence-corrected chi connectivity index (χ0v) is 11.6. The van der Waals surface area contributed by atoms with E-state index in [2.05, 4.69) is 36.2 Å². The van der Waals surface area contributed by atoms with Crippen LogP contribution in [0.5, 0.6) is 0 Å². The predicted octanol–water partition coefficient (Wildman–Crippen LogP) is 3.76. The van der Waals surface area contributed by atoms with E-state index in [1.54, 1.807) is 0 Å². The minimum absolute atomic E-state index is 0.320. The molecule has 0 aliphatic heterocycles. The Balaban J connectivity index is 1.95. The van der Waals surface area contributed by atoms with E-state index in [1.807, 2.05) is 6.92 Å². The van der Waals surface area contributed by atoms with Crippen LogP contribution in [-0.2, 0) is 0 Å². The van der Waals surface area contributed by atoms with Crippen LogP contribution >= 0.6 is 0 Å². The molecule has 0 unspecified atom stereocenters. The van der Waals surface area contributed by atoms with Crippen LogP contribution in [0.1, 0.15) is 50.7 Å². The normalized spacial score (nSPS) is 17.9. The van der Waals surface area contributed by atoms with Crippen LogP contribution in [0.25, 0.3) is 0 Å². The Hall–Kier alpha value is -1.02. The van der Waals surface area contributed by atoms with Crippen molar-refractivity contribution < 1.29 is 5.11 Å². The van der Waals surface area contributed by atoms with Crippen molar-refractivity contribution in [3.05, 3.63) is 29.8 Å². The van der Waals surface area contributed by atoms with Crippen molar-refractivity contribution in [2.45, 2.75) is 45.1 Å². The molecular formula is C16H25NO. The highest BCUT2D eigenvalue weighted by Crippen LogP contribution is 2.27. The molecule has 1 aliphatic carbocycles. The predicted molar refractivity (Wildman–Crippen MR) is 76.9 cm³/mol. The summed E-state index contributed by atoms with van der Waals surface area (Å²) in [5, 5.41) is 9.77. The Morgan fingerprint density at radius 3 is 2.39 bits per heavy atom. The molecular weight excluding hydrogens is 222 g/mol. The number of hydrogen-bond acceptors (Lipinski definition) is 2. The number of rotatable bonds is 5. The lowest BCUT2D eigenvalue weighted by Crippen LogP contribution is -2.23. The molecule has 1 atom stereocenters. The van der Waals surface area contributed by atoms with Crippen LogP contribution in [0.2, 0.25) is 0 Å². The molecule has 2 rings (SSSR count). The lowest BCUT2D eigenvalue weighted by atomic mass is 10.1. The second kappa shape index (κ2) is 6.24. The Labute approximate surface area is 111 Å². The summed E-state index contributed by atoms with van der Waals surface area (Å²) < 4.78 is 0. The van der Waals surface area contributed by atoms with Crippen molar-refractivity contribution in [3.8, 4) is 0 Å². The first-order valence-electron chi connectivity index (χ1n) is 7.20. The lowest BCUT2D eigenvalue weighted by Gasteiger charge is -2.23. The molecule has 0 heterocycles. The second-order valence-electron chi connectivity index (χ2n) is 5.55. The van der Waals surface area contributed by atoms with Gasteiger partial charge in [0.15, 0.2) is 0 Å². The molecule has 1 aromatic rings. The third-order valence-corrected chi connectivity index (χ3v) is 4.11. The Kier molecular flexibility index (Phi) is 4.65. The first kappa shape index (κ1) is 13.4. The van der Waals surface area contributed by atoms with Crippen LogP contribution in [0.3, 0.4) is 0 Å². The van der Waals surface area contributed by atoms with E-state index in [9.17, 15) is 5.11 Å². The van der Waals surface area contributed by atoms with E-state index in [1.165, 1.54) is 31.4 Å². The van der Waals surface area contributed by atoms with E-state index in [0.717, 1.165) is 24.4 Å². The molecule has 0 spiro atoms. The smallest absolute Gasteiger partial charge is 0.0787 e. The SMILES string of the molecule is CC[C@H](O)c1ccc(N(C)CC2CCCC2)cc1. The van der Waals surface area contributed by atoms with Gasteiger partial charge in [0.05, 0.1) is 6.10 Å². The summed E-state index contributed by atoms with van der Waals surface area (Å²) in [4.78, 5) is 2.35. The van der Waals surface area contributed by atoms with E-state index < -0.39 is 0 Å². The number of nitrogens with zero attached hydrogens (tertiary/aromatic N) is 1. The molecule has 0 saturated heterocycles. The molecule has 2 nitrogen and oxygen atoms in total. The summed E-state index contributed by atoms with van der Waals surface area (Å²) in [6, 6.07) is 8.36. The van der Waals surface area contributed by atoms with Gasteiger partial charge in [-0.25, -0.2) is 0 Å². The van der Waals surface area contributed by atoms with E-state index in [4.69, 9.17) is 0 Å². The lowest BCUT2D eigenvalue weighted by molar-refractivity contribution is 0.173. The van der Waals surface area contributed by atoms with Crippen LogP contribution in [0.4, 0.5) is 5.69 Å². The average Bonchev–Trinajstić information content (AvgIpc) is 2.91. The van der Waals surface area contributed by atoms with E-state index in [-0.39, 0.29) is 6.10 Å². The molecule has 18 heavy (non-hydrogen) atoms. The summed E-state index contributed by atoms with van der Waals surface area (Å²) >= 11 is 0. The topological polar surface area (TPSA) is 23.5 Å². The first-order valence-corrected chi connectivity index (χ1v) is 7.20. The van der Waals surface area contributed by atoms with Gasteiger partial charge < -0.3 is 10.0 Å². The Morgan fingerprint density at radius 1 is 1.22 bits per heavy atom. The molecule has 0 aromatic heterocycles. The van der Waals surface area contributed by atoms with Crippen molar-refractivity contribution >= 4 is 5.69 Å². The maximum Gasteiger partial charge on any atom is 0.0787 e. The van der Waals surface area contributed by atoms with Crippen LogP contribution in [0, 0.1) is 5.92 Å². The Morgan fingerprint density at radius 2 is 1.83 bits per heavy atom. The average molecular weight is 247 g/mol. The summed E-state index contributed by atoms with van der Waals surface area (Å²) in [7, 11) is 2.17. The van der Waals surface area contributed by atoms with E-state index >= 15 is 0 Å².